The second-order valence-corrected chi connectivity index (χ2v) is 14.0. The second-order valence-electron chi connectivity index (χ2n) is 14.0. The Hall–Kier alpha value is -6.90. The van der Waals surface area contributed by atoms with Crippen LogP contribution in [-0.4, -0.2) is 10.6 Å². The molecule has 0 N–H and O–H groups in total. The second kappa shape index (κ2) is 13.6. The van der Waals surface area contributed by atoms with E-state index in [9.17, 15) is 0 Å². The zero-order valence-electron chi connectivity index (χ0n) is 29.9. The predicted molar refractivity (Wildman–Crippen MR) is 229 cm³/mol. The molecule has 8 aromatic carbocycles. The van der Waals surface area contributed by atoms with Gasteiger partial charge in [-0.1, -0.05) is 170 Å². The van der Waals surface area contributed by atoms with Crippen LogP contribution in [0.5, 0.6) is 0 Å². The van der Waals surface area contributed by atoms with Gasteiger partial charge in [0.1, 0.15) is 0 Å². The summed E-state index contributed by atoms with van der Waals surface area (Å²) >= 11 is 0. The van der Waals surface area contributed by atoms with Crippen molar-refractivity contribution in [3.05, 3.63) is 211 Å². The minimum atomic E-state index is 0.118. The third-order valence-corrected chi connectivity index (χ3v) is 10.9. The van der Waals surface area contributed by atoms with Crippen LogP contribution in [0.1, 0.15) is 6.42 Å². The number of para-hydroxylation sites is 4. The smallest absolute Gasteiger partial charge is 0.0566 e. The van der Waals surface area contributed by atoms with E-state index in [4.69, 9.17) is 0 Å². The van der Waals surface area contributed by atoms with Gasteiger partial charge in [0.25, 0.3) is 0 Å². The summed E-state index contributed by atoms with van der Waals surface area (Å²) in [4.78, 5) is 2.57. The number of anilines is 2. The van der Waals surface area contributed by atoms with Gasteiger partial charge in [-0.15, -0.1) is 0 Å². The molecule has 1 aliphatic rings. The molecule has 1 heterocycles. The normalized spacial score (nSPS) is 13.6. The van der Waals surface area contributed by atoms with Crippen LogP contribution >= 0.6 is 0 Å². The molecule has 0 spiro atoms. The molecule has 1 aromatic heterocycles. The molecule has 256 valence electrons. The first-order valence-electron chi connectivity index (χ1n) is 18.8. The van der Waals surface area contributed by atoms with Gasteiger partial charge in [0, 0.05) is 39.0 Å². The molecule has 0 fully saturated rings. The van der Waals surface area contributed by atoms with Gasteiger partial charge in [-0.25, -0.2) is 0 Å². The molecule has 1 unspecified atom stereocenters. The fourth-order valence-electron chi connectivity index (χ4n) is 8.48. The van der Waals surface area contributed by atoms with Gasteiger partial charge in [-0.05, 0) is 81.6 Å². The molecule has 0 radical (unpaired) electrons. The van der Waals surface area contributed by atoms with Gasteiger partial charge in [0.15, 0.2) is 0 Å². The Kier molecular flexibility index (Phi) is 8.00. The number of hydrogen-bond donors (Lipinski definition) is 0. The van der Waals surface area contributed by atoms with E-state index in [1.165, 1.54) is 82.7 Å². The quantitative estimate of drug-likeness (QED) is 0.162. The van der Waals surface area contributed by atoms with Crippen LogP contribution in [0.2, 0.25) is 0 Å². The van der Waals surface area contributed by atoms with Crippen molar-refractivity contribution >= 4 is 45.3 Å². The summed E-state index contributed by atoms with van der Waals surface area (Å²) in [6, 6.07) is 72.8. The standard InChI is InChI=1S/C52H38N2/c1-3-18-38(19-4-1)44-25-9-12-29-48(44)54(43-34-33-37-17-7-8-20-39(37)36-43)49-30-13-10-26-45(49)40-21-15-22-41(35-40)46-28-16-32-51-52(46)47-27-11-14-31-50(47)53(51)42-23-5-2-6-24-42/h1-33,35-36,43H,34H2. The Morgan fingerprint density at radius 3 is 1.74 bits per heavy atom. The summed E-state index contributed by atoms with van der Waals surface area (Å²) in [6.07, 6.45) is 5.75. The highest BCUT2D eigenvalue weighted by Crippen LogP contribution is 2.44. The molecule has 2 nitrogen and oxygen atoms in total. The number of fused-ring (bicyclic) bond motifs is 4. The lowest BCUT2D eigenvalue weighted by Crippen LogP contribution is -2.38. The largest absolute Gasteiger partial charge is 0.333 e. The molecule has 0 amide bonds. The summed E-state index contributed by atoms with van der Waals surface area (Å²) in [6.45, 7) is 0. The van der Waals surface area contributed by atoms with Crippen molar-refractivity contribution in [2.45, 2.75) is 12.5 Å². The minimum absolute atomic E-state index is 0.118. The molecule has 0 bridgehead atoms. The molecule has 9 aromatic rings. The molecule has 1 aliphatic carbocycles. The lowest BCUT2D eigenvalue weighted by atomic mass is 9.93. The fraction of sp³-hybridized carbons (Fsp3) is 0.0385. The molecular weight excluding hydrogens is 653 g/mol. The average Bonchev–Trinajstić information content (AvgIpc) is 3.59. The average molecular weight is 691 g/mol. The zero-order chi connectivity index (χ0) is 35.8. The van der Waals surface area contributed by atoms with Crippen LogP contribution in [0.15, 0.2) is 200 Å². The Morgan fingerprint density at radius 2 is 0.963 bits per heavy atom. The first-order chi connectivity index (χ1) is 26.8. The van der Waals surface area contributed by atoms with Crippen molar-refractivity contribution in [1.29, 1.82) is 0 Å². The van der Waals surface area contributed by atoms with E-state index in [0.29, 0.717) is 0 Å². The van der Waals surface area contributed by atoms with Crippen LogP contribution in [-0.2, 0) is 0 Å². The minimum Gasteiger partial charge on any atom is -0.333 e. The van der Waals surface area contributed by atoms with Crippen molar-refractivity contribution < 1.29 is 0 Å². The van der Waals surface area contributed by atoms with Crippen molar-refractivity contribution in [3.8, 4) is 39.1 Å². The summed E-state index contributed by atoms with van der Waals surface area (Å²) in [5, 5.41) is 5.10. The van der Waals surface area contributed by atoms with E-state index in [1.807, 2.05) is 0 Å². The highest BCUT2D eigenvalue weighted by molar-refractivity contribution is 6.16. The highest BCUT2D eigenvalue weighted by atomic mass is 15.2. The topological polar surface area (TPSA) is 8.17 Å². The lowest BCUT2D eigenvalue weighted by Gasteiger charge is -2.36. The predicted octanol–water partition coefficient (Wildman–Crippen LogP) is 12.0. The number of hydrogen-bond acceptors (Lipinski definition) is 1. The van der Waals surface area contributed by atoms with Crippen LogP contribution < -0.4 is 15.3 Å². The Bertz CT molecular complexity index is 2920. The summed E-state index contributed by atoms with van der Waals surface area (Å²) in [5.74, 6) is 0. The summed E-state index contributed by atoms with van der Waals surface area (Å²) in [5.41, 5.74) is 13.2. The van der Waals surface area contributed by atoms with Crippen molar-refractivity contribution in [2.24, 2.45) is 0 Å². The van der Waals surface area contributed by atoms with E-state index in [2.05, 4.69) is 222 Å². The number of benzene rings is 8. The van der Waals surface area contributed by atoms with Gasteiger partial charge in [-0.3, -0.25) is 0 Å². The summed E-state index contributed by atoms with van der Waals surface area (Å²) in [7, 11) is 0. The molecule has 10 rings (SSSR count). The number of rotatable bonds is 7. The molecule has 1 atom stereocenters. The SMILES string of the molecule is C1=c2ccccc2=CC(N(c2ccccc2-c2ccccc2)c2ccccc2-c2cccc(-c3cccc4c3c3ccccc3n4-c3ccccc3)c2)C1. The summed E-state index contributed by atoms with van der Waals surface area (Å²) < 4.78 is 2.39. The van der Waals surface area contributed by atoms with E-state index in [0.717, 1.165) is 6.42 Å². The van der Waals surface area contributed by atoms with Crippen molar-refractivity contribution in [2.75, 3.05) is 4.90 Å². The number of aromatic nitrogens is 1. The molecule has 54 heavy (non-hydrogen) atoms. The first kappa shape index (κ1) is 31.8. The van der Waals surface area contributed by atoms with Gasteiger partial charge in [-0.2, -0.15) is 0 Å². The van der Waals surface area contributed by atoms with Gasteiger partial charge < -0.3 is 9.47 Å². The monoisotopic (exact) mass is 690 g/mol. The van der Waals surface area contributed by atoms with Crippen LogP contribution in [0.25, 0.3) is 73.0 Å². The van der Waals surface area contributed by atoms with Crippen LogP contribution in [0.3, 0.4) is 0 Å². The van der Waals surface area contributed by atoms with Gasteiger partial charge >= 0.3 is 0 Å². The van der Waals surface area contributed by atoms with E-state index >= 15 is 0 Å². The lowest BCUT2D eigenvalue weighted by molar-refractivity contribution is 0.838. The van der Waals surface area contributed by atoms with Crippen molar-refractivity contribution in [1.82, 2.24) is 4.57 Å². The maximum absolute atomic E-state index is 2.57. The van der Waals surface area contributed by atoms with E-state index < -0.39 is 0 Å². The third-order valence-electron chi connectivity index (χ3n) is 10.9. The molecule has 0 aliphatic heterocycles. The van der Waals surface area contributed by atoms with E-state index in [1.54, 1.807) is 0 Å². The molecular formula is C52H38N2. The van der Waals surface area contributed by atoms with Crippen LogP contribution in [0.4, 0.5) is 11.4 Å². The maximum Gasteiger partial charge on any atom is 0.0566 e. The third kappa shape index (κ3) is 5.52. The highest BCUT2D eigenvalue weighted by Gasteiger charge is 2.25. The van der Waals surface area contributed by atoms with Gasteiger partial charge in [0.2, 0.25) is 0 Å². The molecule has 2 heteroatoms. The number of nitrogens with zero attached hydrogens (tertiary/aromatic N) is 2. The van der Waals surface area contributed by atoms with Gasteiger partial charge in [0.05, 0.1) is 17.1 Å². The van der Waals surface area contributed by atoms with Crippen molar-refractivity contribution in [3.63, 3.8) is 0 Å². The first-order valence-corrected chi connectivity index (χ1v) is 18.8. The Balaban J connectivity index is 1.16. The fourth-order valence-corrected chi connectivity index (χ4v) is 8.48. The zero-order valence-corrected chi connectivity index (χ0v) is 29.9. The Labute approximate surface area is 315 Å². The molecule has 0 saturated heterocycles. The maximum atomic E-state index is 2.57. The van der Waals surface area contributed by atoms with Crippen LogP contribution in [0, 0.1) is 0 Å². The molecule has 0 saturated carbocycles. The Morgan fingerprint density at radius 1 is 0.426 bits per heavy atom. The van der Waals surface area contributed by atoms with E-state index in [-0.39, 0.29) is 6.04 Å².